The van der Waals surface area contributed by atoms with Gasteiger partial charge in [-0.05, 0) is 12.1 Å². The smallest absolute Gasteiger partial charge is 0.235 e. The van der Waals surface area contributed by atoms with E-state index < -0.39 is 0 Å². The minimum absolute atomic E-state index is 0.572. The number of furan rings is 1. The molecule has 7 nitrogen and oxygen atoms in total. The SMILES string of the molecule is c1ccc2oc(-c3nnc4sc(-c5cnccn5)nn34)cc2c1. The molecule has 0 aliphatic carbocycles. The summed E-state index contributed by atoms with van der Waals surface area (Å²) in [7, 11) is 0. The Labute approximate surface area is 133 Å². The highest BCUT2D eigenvalue weighted by atomic mass is 32.1. The maximum Gasteiger partial charge on any atom is 0.235 e. The molecule has 0 saturated carbocycles. The quantitative estimate of drug-likeness (QED) is 0.497. The molecule has 0 unspecified atom stereocenters. The minimum Gasteiger partial charge on any atom is -0.453 e. The van der Waals surface area contributed by atoms with Gasteiger partial charge in [-0.3, -0.25) is 9.97 Å². The van der Waals surface area contributed by atoms with E-state index in [0.29, 0.717) is 22.2 Å². The van der Waals surface area contributed by atoms with Crippen LogP contribution < -0.4 is 0 Å². The molecule has 0 spiro atoms. The molecule has 0 atom stereocenters. The third kappa shape index (κ3) is 1.92. The van der Waals surface area contributed by atoms with Crippen molar-refractivity contribution in [3.05, 3.63) is 48.9 Å². The molecule has 0 amide bonds. The van der Waals surface area contributed by atoms with E-state index in [0.717, 1.165) is 16.0 Å². The van der Waals surface area contributed by atoms with Gasteiger partial charge in [-0.2, -0.15) is 9.61 Å². The molecular formula is C15H8N6OS. The van der Waals surface area contributed by atoms with Gasteiger partial charge in [0.2, 0.25) is 10.8 Å². The molecule has 23 heavy (non-hydrogen) atoms. The highest BCUT2D eigenvalue weighted by Crippen LogP contribution is 2.29. The third-order valence-corrected chi connectivity index (χ3v) is 4.34. The van der Waals surface area contributed by atoms with E-state index in [-0.39, 0.29) is 0 Å². The Kier molecular flexibility index (Phi) is 2.53. The van der Waals surface area contributed by atoms with Crippen molar-refractivity contribution >= 4 is 27.3 Å². The van der Waals surface area contributed by atoms with Crippen molar-refractivity contribution in [2.75, 3.05) is 0 Å². The van der Waals surface area contributed by atoms with Crippen LogP contribution in [0, 0.1) is 0 Å². The van der Waals surface area contributed by atoms with E-state index >= 15 is 0 Å². The summed E-state index contributed by atoms with van der Waals surface area (Å²) in [6.45, 7) is 0. The summed E-state index contributed by atoms with van der Waals surface area (Å²) < 4.78 is 7.52. The fraction of sp³-hybridized carbons (Fsp3) is 0. The van der Waals surface area contributed by atoms with Crippen LogP contribution in [0.1, 0.15) is 0 Å². The highest BCUT2D eigenvalue weighted by Gasteiger charge is 2.18. The van der Waals surface area contributed by atoms with Crippen LogP contribution in [-0.4, -0.2) is 29.8 Å². The summed E-state index contributed by atoms with van der Waals surface area (Å²) in [5.74, 6) is 1.21. The Morgan fingerprint density at radius 2 is 2.04 bits per heavy atom. The first-order valence-corrected chi connectivity index (χ1v) is 7.68. The van der Waals surface area contributed by atoms with Gasteiger partial charge < -0.3 is 4.42 Å². The Hall–Kier alpha value is -3.13. The van der Waals surface area contributed by atoms with Crippen LogP contribution in [0.4, 0.5) is 0 Å². The average molecular weight is 320 g/mol. The standard InChI is InChI=1S/C15H8N6OS/c1-2-4-11-9(3-1)7-12(22-11)13-18-19-15-21(13)20-14(23-15)10-8-16-5-6-17-10/h1-8H. The first-order chi connectivity index (χ1) is 11.4. The van der Waals surface area contributed by atoms with Gasteiger partial charge >= 0.3 is 0 Å². The molecular weight excluding hydrogens is 312 g/mol. The summed E-state index contributed by atoms with van der Waals surface area (Å²) in [4.78, 5) is 9.01. The molecule has 0 fully saturated rings. The van der Waals surface area contributed by atoms with Crippen molar-refractivity contribution in [2.24, 2.45) is 0 Å². The van der Waals surface area contributed by atoms with Crippen LogP contribution in [0.25, 0.3) is 38.2 Å². The van der Waals surface area contributed by atoms with Crippen molar-refractivity contribution in [3.8, 4) is 22.3 Å². The van der Waals surface area contributed by atoms with Gasteiger partial charge in [0.15, 0.2) is 10.8 Å². The van der Waals surface area contributed by atoms with Crippen molar-refractivity contribution < 1.29 is 4.42 Å². The summed E-state index contributed by atoms with van der Waals surface area (Å²) in [6.07, 6.45) is 4.94. The molecule has 1 aromatic carbocycles. The topological polar surface area (TPSA) is 82.0 Å². The van der Waals surface area contributed by atoms with Gasteiger partial charge in [-0.1, -0.05) is 29.5 Å². The third-order valence-electron chi connectivity index (χ3n) is 3.42. The number of hydrogen-bond donors (Lipinski definition) is 0. The zero-order valence-corrected chi connectivity index (χ0v) is 12.4. The molecule has 0 N–H and O–H groups in total. The number of fused-ring (bicyclic) bond motifs is 2. The average Bonchev–Trinajstić information content (AvgIpc) is 3.28. The van der Waals surface area contributed by atoms with Crippen LogP contribution in [0.15, 0.2) is 53.3 Å². The predicted molar refractivity (Wildman–Crippen MR) is 84.9 cm³/mol. The van der Waals surface area contributed by atoms with Crippen molar-refractivity contribution in [1.29, 1.82) is 0 Å². The zero-order valence-electron chi connectivity index (χ0n) is 11.6. The van der Waals surface area contributed by atoms with E-state index in [1.54, 1.807) is 23.1 Å². The molecule has 0 saturated heterocycles. The monoisotopic (exact) mass is 320 g/mol. The normalized spacial score (nSPS) is 11.5. The van der Waals surface area contributed by atoms with Gasteiger partial charge in [-0.15, -0.1) is 10.2 Å². The fourth-order valence-electron chi connectivity index (χ4n) is 2.38. The molecule has 5 rings (SSSR count). The number of aromatic nitrogens is 6. The number of hydrogen-bond acceptors (Lipinski definition) is 7. The molecule has 4 aromatic heterocycles. The molecule has 110 valence electrons. The van der Waals surface area contributed by atoms with Crippen molar-refractivity contribution in [1.82, 2.24) is 29.8 Å². The summed E-state index contributed by atoms with van der Waals surface area (Å²) in [5.41, 5.74) is 1.52. The molecule has 0 aliphatic heterocycles. The van der Waals surface area contributed by atoms with E-state index in [4.69, 9.17) is 4.42 Å². The lowest BCUT2D eigenvalue weighted by molar-refractivity contribution is 0.622. The molecule has 4 heterocycles. The van der Waals surface area contributed by atoms with Gasteiger partial charge in [-0.25, -0.2) is 0 Å². The highest BCUT2D eigenvalue weighted by molar-refractivity contribution is 7.19. The first-order valence-electron chi connectivity index (χ1n) is 6.86. The second-order valence-corrected chi connectivity index (χ2v) is 5.82. The number of rotatable bonds is 2. The Balaban J connectivity index is 1.68. The summed E-state index contributed by atoms with van der Waals surface area (Å²) >= 11 is 1.41. The summed E-state index contributed by atoms with van der Waals surface area (Å²) in [5, 5.41) is 14.6. The van der Waals surface area contributed by atoms with Gasteiger partial charge in [0.25, 0.3) is 0 Å². The summed E-state index contributed by atoms with van der Waals surface area (Å²) in [6, 6.07) is 9.75. The second-order valence-electron chi connectivity index (χ2n) is 4.86. The number of nitrogens with zero attached hydrogens (tertiary/aromatic N) is 6. The Bertz CT molecular complexity index is 1090. The largest absolute Gasteiger partial charge is 0.453 e. The molecule has 8 heteroatoms. The van der Waals surface area contributed by atoms with Crippen LogP contribution >= 0.6 is 11.3 Å². The van der Waals surface area contributed by atoms with Gasteiger partial charge in [0, 0.05) is 17.8 Å². The second kappa shape index (κ2) is 4.68. The van der Waals surface area contributed by atoms with Crippen LogP contribution in [0.2, 0.25) is 0 Å². The van der Waals surface area contributed by atoms with Crippen molar-refractivity contribution in [2.45, 2.75) is 0 Å². The van der Waals surface area contributed by atoms with E-state index in [9.17, 15) is 0 Å². The molecule has 0 bridgehead atoms. The number of benzene rings is 1. The van der Waals surface area contributed by atoms with Crippen LogP contribution in [-0.2, 0) is 0 Å². The molecule has 0 radical (unpaired) electrons. The lowest BCUT2D eigenvalue weighted by Crippen LogP contribution is -1.90. The predicted octanol–water partition coefficient (Wildman–Crippen LogP) is 3.06. The molecule has 5 aromatic rings. The zero-order chi connectivity index (χ0) is 15.2. The van der Waals surface area contributed by atoms with Crippen LogP contribution in [0.5, 0.6) is 0 Å². The van der Waals surface area contributed by atoms with E-state index in [2.05, 4.69) is 25.3 Å². The Morgan fingerprint density at radius 3 is 2.91 bits per heavy atom. The maximum absolute atomic E-state index is 5.85. The van der Waals surface area contributed by atoms with Gasteiger partial charge in [0.1, 0.15) is 11.3 Å². The number of para-hydroxylation sites is 1. The lowest BCUT2D eigenvalue weighted by Gasteiger charge is -1.92. The first kappa shape index (κ1) is 12.4. The molecule has 0 aliphatic rings. The van der Waals surface area contributed by atoms with E-state index in [1.165, 1.54) is 11.3 Å². The minimum atomic E-state index is 0.572. The van der Waals surface area contributed by atoms with Crippen LogP contribution in [0.3, 0.4) is 0 Å². The fourth-order valence-corrected chi connectivity index (χ4v) is 3.18. The Morgan fingerprint density at radius 1 is 1.09 bits per heavy atom. The van der Waals surface area contributed by atoms with Crippen molar-refractivity contribution in [3.63, 3.8) is 0 Å². The van der Waals surface area contributed by atoms with Gasteiger partial charge in [0.05, 0.1) is 6.20 Å². The maximum atomic E-state index is 5.85. The van der Waals surface area contributed by atoms with E-state index in [1.807, 2.05) is 30.3 Å². The lowest BCUT2D eigenvalue weighted by atomic mass is 10.2.